The van der Waals surface area contributed by atoms with Gasteiger partial charge in [-0.3, -0.25) is 18.0 Å². The molecule has 1 saturated heterocycles. The summed E-state index contributed by atoms with van der Waals surface area (Å²) in [6, 6.07) is 14.4. The molecule has 0 amide bonds. The second kappa shape index (κ2) is 22.1. The quantitative estimate of drug-likeness (QED) is 0.192. The summed E-state index contributed by atoms with van der Waals surface area (Å²) in [4.78, 5) is 29.0. The monoisotopic (exact) mass is 879 g/mol. The van der Waals surface area contributed by atoms with Crippen LogP contribution in [-0.2, 0) is 52.4 Å². The van der Waals surface area contributed by atoms with E-state index in [1.54, 1.807) is 102 Å². The maximum absolute atomic E-state index is 13.8. The number of hydrogen-bond acceptors (Lipinski definition) is 15. The number of hydrogen-bond donors (Lipinski definition) is 3. The molecule has 0 spiro atoms. The van der Waals surface area contributed by atoms with Crippen LogP contribution in [0.15, 0.2) is 94.3 Å². The van der Waals surface area contributed by atoms with Gasteiger partial charge in [-0.15, -0.1) is 0 Å². The summed E-state index contributed by atoms with van der Waals surface area (Å²) in [6.07, 6.45) is -3.59. The molecule has 2 aliphatic heterocycles. The van der Waals surface area contributed by atoms with Crippen molar-refractivity contribution in [1.82, 2.24) is 4.90 Å². The number of aliphatic hydroxyl groups excluding tert-OH is 3. The van der Waals surface area contributed by atoms with Crippen molar-refractivity contribution < 1.29 is 64.3 Å². The third-order valence-electron chi connectivity index (χ3n) is 11.2. The van der Waals surface area contributed by atoms with E-state index in [2.05, 4.69) is 0 Å². The van der Waals surface area contributed by atoms with E-state index in [1.807, 2.05) is 0 Å². The van der Waals surface area contributed by atoms with Crippen molar-refractivity contribution in [2.75, 3.05) is 27.3 Å². The summed E-state index contributed by atoms with van der Waals surface area (Å²) in [7, 11) is -4.99. The second-order valence-corrected chi connectivity index (χ2v) is 19.2. The number of allylic oxidation sites excluding steroid dienone is 3. The molecule has 15 nitrogen and oxygen atoms in total. The lowest BCUT2D eigenvalue weighted by Gasteiger charge is -2.46. The van der Waals surface area contributed by atoms with Gasteiger partial charge in [-0.25, -0.2) is 0 Å². The van der Waals surface area contributed by atoms with Gasteiger partial charge in [0, 0.05) is 17.8 Å². The molecule has 0 radical (unpaired) electrons. The van der Waals surface area contributed by atoms with Crippen molar-refractivity contribution in [3.63, 3.8) is 0 Å². The molecule has 17 heteroatoms. The highest BCUT2D eigenvalue weighted by Gasteiger charge is 2.47. The second-order valence-electron chi connectivity index (χ2n) is 15.9. The highest BCUT2D eigenvalue weighted by molar-refractivity contribution is 7.87. The van der Waals surface area contributed by atoms with Crippen LogP contribution in [0.3, 0.4) is 0 Å². The predicted octanol–water partition coefficient (Wildman–Crippen LogP) is 4.02. The number of nitrogens with zero attached hydrogens (tertiary/aromatic N) is 1. The third-order valence-corrected chi connectivity index (χ3v) is 13.8. The largest absolute Gasteiger partial charge is 0.462 e. The molecule has 0 aromatic heterocycles. The molecule has 2 aliphatic rings. The lowest BCUT2D eigenvalue weighted by Crippen LogP contribution is -2.63. The molecular formula is C43H61NO14S2. The molecule has 12 atom stereocenters. The number of ketones is 1. The zero-order valence-electron chi connectivity index (χ0n) is 35.3. The standard InChI is InChI=1S/C43H61NO14S2/c1-8-37-32(26-55-60(52,53)34-17-13-10-14-18-34)23-27(2)19-20-35(45)28(3)24-31(21-22-54-59(50,51)33-15-11-9-12-16-33)42(29(4)36(46)25-38(47)57-37)58-43-41(49)39(44(6)7)40(48)30(5)56-43/h9-20,23,28-32,36-37,39-43,46,48-49H,8,21-22,24-26H2,1-7H3/b20-19+,27-23+/t28-,29+,30?,31+,32-,36-,37-,39?,40?,41?,42-,43?/m1/s1. The lowest BCUT2D eigenvalue weighted by molar-refractivity contribution is -0.304. The molecule has 334 valence electrons. The number of benzene rings is 2. The molecular weight excluding hydrogens is 819 g/mol. The minimum absolute atomic E-state index is 0.00207. The Labute approximate surface area is 354 Å². The van der Waals surface area contributed by atoms with Gasteiger partial charge in [0.2, 0.25) is 0 Å². The number of rotatable bonds is 13. The molecule has 60 heavy (non-hydrogen) atoms. The Morgan fingerprint density at radius 2 is 1.42 bits per heavy atom. The average molecular weight is 880 g/mol. The first kappa shape index (κ1) is 49.3. The fourth-order valence-electron chi connectivity index (χ4n) is 7.63. The van der Waals surface area contributed by atoms with Crippen molar-refractivity contribution in [3.8, 4) is 0 Å². The number of carbonyl (C=O) groups excluding carboxylic acids is 2. The van der Waals surface area contributed by atoms with Crippen LogP contribution in [-0.4, -0.2) is 125 Å². The molecule has 1 fully saturated rings. The highest BCUT2D eigenvalue weighted by atomic mass is 32.2. The molecule has 2 aromatic carbocycles. The van der Waals surface area contributed by atoms with E-state index >= 15 is 0 Å². The topological polar surface area (TPSA) is 212 Å². The molecule has 0 bridgehead atoms. The average Bonchev–Trinajstić information content (AvgIpc) is 3.21. The van der Waals surface area contributed by atoms with Crippen LogP contribution >= 0.6 is 0 Å². The third kappa shape index (κ3) is 13.3. The Morgan fingerprint density at radius 1 is 0.833 bits per heavy atom. The van der Waals surface area contributed by atoms with E-state index in [9.17, 15) is 41.7 Å². The molecule has 0 aliphatic carbocycles. The summed E-state index contributed by atoms with van der Waals surface area (Å²) in [5.74, 6) is -4.20. The lowest BCUT2D eigenvalue weighted by atomic mass is 9.79. The Hall–Kier alpha value is -3.36. The number of carbonyl (C=O) groups is 2. The Bertz CT molecular complexity index is 1980. The first-order valence-electron chi connectivity index (χ1n) is 20.3. The van der Waals surface area contributed by atoms with E-state index in [-0.39, 0.29) is 48.1 Å². The number of likely N-dealkylation sites (N-methyl/N-ethyl adjacent to an activating group) is 1. The van der Waals surface area contributed by atoms with Gasteiger partial charge in [-0.1, -0.05) is 74.9 Å². The first-order chi connectivity index (χ1) is 28.2. The zero-order chi connectivity index (χ0) is 44.4. The highest BCUT2D eigenvalue weighted by Crippen LogP contribution is 2.35. The van der Waals surface area contributed by atoms with Crippen LogP contribution in [0.5, 0.6) is 0 Å². The van der Waals surface area contributed by atoms with Crippen molar-refractivity contribution in [3.05, 3.63) is 84.5 Å². The zero-order valence-corrected chi connectivity index (χ0v) is 36.9. The SMILES string of the molecule is CC[C@H]1OC(=O)C[C@@H](O)[C@H](C)[C@@H](OC2OC(C)C(O)C(N(C)C)C2O)[C@@H](CCOS(=O)(=O)c2ccccc2)C[C@@H](C)C(=O)/C=C/C(C)=C/[C@@H]1COS(=O)(=O)c1ccccc1. The fourth-order valence-corrected chi connectivity index (χ4v) is 9.54. The van der Waals surface area contributed by atoms with Crippen LogP contribution in [0.2, 0.25) is 0 Å². The van der Waals surface area contributed by atoms with Gasteiger partial charge in [-0.2, -0.15) is 16.8 Å². The van der Waals surface area contributed by atoms with Crippen molar-refractivity contribution in [2.45, 2.75) is 119 Å². The molecule has 0 saturated carbocycles. The maximum atomic E-state index is 13.8. The molecule has 3 N–H and O–H groups in total. The van der Waals surface area contributed by atoms with E-state index in [4.69, 9.17) is 22.6 Å². The number of ether oxygens (including phenoxy) is 3. The van der Waals surface area contributed by atoms with Gasteiger partial charge >= 0.3 is 5.97 Å². The van der Waals surface area contributed by atoms with Crippen LogP contribution in [0.4, 0.5) is 0 Å². The Morgan fingerprint density at radius 3 is 1.98 bits per heavy atom. The van der Waals surface area contributed by atoms with Crippen molar-refractivity contribution in [2.24, 2.45) is 23.7 Å². The van der Waals surface area contributed by atoms with Gasteiger partial charge in [-0.05, 0) is 83.5 Å². The number of aliphatic hydroxyl groups is 3. The first-order valence-corrected chi connectivity index (χ1v) is 23.1. The van der Waals surface area contributed by atoms with Gasteiger partial charge in [0.1, 0.15) is 12.2 Å². The molecule has 2 aromatic rings. The predicted molar refractivity (Wildman–Crippen MR) is 221 cm³/mol. The van der Waals surface area contributed by atoms with Crippen molar-refractivity contribution >= 4 is 32.0 Å². The number of cyclic esters (lactones) is 1. The minimum Gasteiger partial charge on any atom is -0.462 e. The van der Waals surface area contributed by atoms with E-state index in [0.717, 1.165) is 0 Å². The minimum atomic E-state index is -4.18. The van der Waals surface area contributed by atoms with Gasteiger partial charge in [0.05, 0.1) is 59.9 Å². The summed E-state index contributed by atoms with van der Waals surface area (Å²) in [5.41, 5.74) is 0.559. The van der Waals surface area contributed by atoms with Crippen LogP contribution < -0.4 is 0 Å². The normalized spacial score (nSPS) is 33.1. The van der Waals surface area contributed by atoms with Gasteiger partial charge in [0.15, 0.2) is 12.1 Å². The van der Waals surface area contributed by atoms with Crippen LogP contribution in [0.1, 0.15) is 60.3 Å². The Balaban J connectivity index is 1.71. The molecule has 2 heterocycles. The number of esters is 1. The maximum Gasteiger partial charge on any atom is 0.308 e. The van der Waals surface area contributed by atoms with Gasteiger partial charge in [0.25, 0.3) is 20.2 Å². The van der Waals surface area contributed by atoms with E-state index in [0.29, 0.717) is 5.57 Å². The van der Waals surface area contributed by atoms with Crippen LogP contribution in [0.25, 0.3) is 0 Å². The summed E-state index contributed by atoms with van der Waals surface area (Å²) < 4.78 is 81.7. The molecule has 5 unspecified atom stereocenters. The fraction of sp³-hybridized carbons (Fsp3) is 0.581. The Kier molecular flexibility index (Phi) is 18.2. The molecule has 4 rings (SSSR count). The van der Waals surface area contributed by atoms with Crippen molar-refractivity contribution in [1.29, 1.82) is 0 Å². The summed E-state index contributed by atoms with van der Waals surface area (Å²) in [5, 5.41) is 34.1. The summed E-state index contributed by atoms with van der Waals surface area (Å²) >= 11 is 0. The van der Waals surface area contributed by atoms with E-state index in [1.165, 1.54) is 30.3 Å². The smallest absolute Gasteiger partial charge is 0.308 e. The van der Waals surface area contributed by atoms with Crippen LogP contribution in [0, 0.1) is 23.7 Å². The van der Waals surface area contributed by atoms with E-state index < -0.39 is 105 Å². The van der Waals surface area contributed by atoms with Gasteiger partial charge < -0.3 is 34.4 Å². The summed E-state index contributed by atoms with van der Waals surface area (Å²) in [6.45, 7) is 7.68.